The van der Waals surface area contributed by atoms with Gasteiger partial charge in [0.05, 0.1) is 5.56 Å². The Morgan fingerprint density at radius 3 is 2.63 bits per heavy atom. The second-order valence-corrected chi connectivity index (χ2v) is 8.49. The molecule has 6 nitrogen and oxygen atoms in total. The van der Waals surface area contributed by atoms with Gasteiger partial charge < -0.3 is 9.47 Å². The first-order chi connectivity index (χ1) is 12.8. The highest BCUT2D eigenvalue weighted by molar-refractivity contribution is 7.85. The van der Waals surface area contributed by atoms with Gasteiger partial charge in [-0.2, -0.15) is 8.42 Å². The van der Waals surface area contributed by atoms with E-state index in [1.165, 1.54) is 12.1 Å². The molecule has 0 spiro atoms. The second kappa shape index (κ2) is 7.87. The van der Waals surface area contributed by atoms with Crippen molar-refractivity contribution in [3.63, 3.8) is 0 Å². The number of carbonyl (C=O) groups excluding carboxylic acids is 1. The highest BCUT2D eigenvalue weighted by Crippen LogP contribution is 2.36. The first-order valence-electron chi connectivity index (χ1n) is 8.90. The van der Waals surface area contributed by atoms with Crippen LogP contribution in [0, 0.1) is 23.6 Å². The van der Waals surface area contributed by atoms with E-state index < -0.39 is 39.9 Å². The third-order valence-electron chi connectivity index (χ3n) is 4.54. The number of carbonyl (C=O) groups is 1. The lowest BCUT2D eigenvalue weighted by Crippen LogP contribution is -2.31. The zero-order chi connectivity index (χ0) is 19.5. The summed E-state index contributed by atoms with van der Waals surface area (Å²) in [6.45, 7) is -0.498. The molecule has 146 valence electrons. The average Bonchev–Trinajstić information content (AvgIpc) is 3.32. The van der Waals surface area contributed by atoms with Crippen molar-refractivity contribution in [2.45, 2.75) is 44.1 Å². The van der Waals surface area contributed by atoms with Gasteiger partial charge in [0.1, 0.15) is 12.4 Å². The molecule has 0 bridgehead atoms. The number of benzene rings is 1. The molecule has 2 aliphatic carbocycles. The second-order valence-electron chi connectivity index (χ2n) is 6.91. The lowest BCUT2D eigenvalue weighted by atomic mass is 10.0. The van der Waals surface area contributed by atoms with Crippen LogP contribution in [0.5, 0.6) is 5.75 Å². The molecule has 0 amide bonds. The number of hydrogen-bond donors (Lipinski definition) is 1. The van der Waals surface area contributed by atoms with Crippen molar-refractivity contribution in [1.82, 2.24) is 0 Å². The predicted octanol–water partition coefficient (Wildman–Crippen LogP) is 2.98. The zero-order valence-electron chi connectivity index (χ0n) is 14.7. The Morgan fingerprint density at radius 1 is 1.30 bits per heavy atom. The molecule has 2 aliphatic rings. The Morgan fingerprint density at radius 2 is 2.00 bits per heavy atom. The van der Waals surface area contributed by atoms with E-state index in [4.69, 9.17) is 14.0 Å². The van der Waals surface area contributed by atoms with E-state index in [0.717, 1.165) is 31.7 Å². The standard InChI is InChI=1S/C19H21FO6S/c20-16-6-5-15(18(21)25-11-12-27(22,23)24)13-17(16)26-19(8-1-2-9-19)10-7-14-3-4-14/h5-6,13-14H,1-4,8-9,11-12H2,(H,22,23,24). The van der Waals surface area contributed by atoms with E-state index in [-0.39, 0.29) is 11.3 Å². The lowest BCUT2D eigenvalue weighted by Gasteiger charge is -2.25. The molecule has 2 fully saturated rings. The van der Waals surface area contributed by atoms with Gasteiger partial charge in [-0.1, -0.05) is 11.8 Å². The number of halogens is 1. The molecular formula is C19H21FO6S. The minimum Gasteiger partial charge on any atom is -0.471 e. The van der Waals surface area contributed by atoms with Crippen LogP contribution >= 0.6 is 0 Å². The molecule has 27 heavy (non-hydrogen) atoms. The summed E-state index contributed by atoms with van der Waals surface area (Å²) in [5, 5.41) is 0. The van der Waals surface area contributed by atoms with E-state index in [1.807, 2.05) is 0 Å². The molecule has 0 aliphatic heterocycles. The summed E-state index contributed by atoms with van der Waals surface area (Å²) >= 11 is 0. The molecule has 0 aromatic heterocycles. The minimum atomic E-state index is -4.23. The maximum absolute atomic E-state index is 14.2. The monoisotopic (exact) mass is 396 g/mol. The fraction of sp³-hybridized carbons (Fsp3) is 0.526. The molecule has 0 radical (unpaired) electrons. The van der Waals surface area contributed by atoms with Crippen molar-refractivity contribution in [2.75, 3.05) is 12.4 Å². The third kappa shape index (κ3) is 5.68. The van der Waals surface area contributed by atoms with Crippen LogP contribution < -0.4 is 4.74 Å². The molecule has 1 aromatic carbocycles. The van der Waals surface area contributed by atoms with Crippen molar-refractivity contribution in [2.24, 2.45) is 5.92 Å². The highest BCUT2D eigenvalue weighted by atomic mass is 32.2. The molecule has 0 atom stereocenters. The van der Waals surface area contributed by atoms with Crippen LogP contribution in [0.25, 0.3) is 0 Å². The Balaban J connectivity index is 1.72. The summed E-state index contributed by atoms with van der Waals surface area (Å²) in [5.74, 6) is 4.56. The van der Waals surface area contributed by atoms with E-state index in [9.17, 15) is 17.6 Å². The van der Waals surface area contributed by atoms with Crippen molar-refractivity contribution in [3.05, 3.63) is 29.6 Å². The average molecular weight is 396 g/mol. The number of esters is 1. The van der Waals surface area contributed by atoms with Gasteiger partial charge in [-0.25, -0.2) is 9.18 Å². The van der Waals surface area contributed by atoms with Crippen LogP contribution in [0.2, 0.25) is 0 Å². The highest BCUT2D eigenvalue weighted by Gasteiger charge is 2.36. The first kappa shape index (κ1) is 19.6. The smallest absolute Gasteiger partial charge is 0.338 e. The van der Waals surface area contributed by atoms with Crippen molar-refractivity contribution >= 4 is 16.1 Å². The normalized spacial score (nSPS) is 18.4. The summed E-state index contributed by atoms with van der Waals surface area (Å²) in [4.78, 5) is 12.0. The van der Waals surface area contributed by atoms with E-state index in [0.29, 0.717) is 18.8 Å². The molecule has 8 heteroatoms. The topological polar surface area (TPSA) is 89.9 Å². The summed E-state index contributed by atoms with van der Waals surface area (Å²) < 4.78 is 55.0. The Bertz CT molecular complexity index is 873. The molecule has 3 rings (SSSR count). The van der Waals surface area contributed by atoms with Gasteiger partial charge in [0.25, 0.3) is 10.1 Å². The van der Waals surface area contributed by atoms with Crippen molar-refractivity contribution in [1.29, 1.82) is 0 Å². The Hall–Kier alpha value is -2.11. The molecule has 1 aromatic rings. The van der Waals surface area contributed by atoms with Crippen LogP contribution in [0.3, 0.4) is 0 Å². The maximum Gasteiger partial charge on any atom is 0.338 e. The molecular weight excluding hydrogens is 375 g/mol. The SMILES string of the molecule is O=C(OCCS(=O)(=O)O)c1ccc(F)c(OC2(C#CC3CC3)CCCC2)c1. The lowest BCUT2D eigenvalue weighted by molar-refractivity contribution is 0.0526. The van der Waals surface area contributed by atoms with Crippen molar-refractivity contribution in [3.8, 4) is 17.6 Å². The quantitative estimate of drug-likeness (QED) is 0.452. The van der Waals surface area contributed by atoms with Gasteiger partial charge in [0, 0.05) is 5.92 Å². The largest absolute Gasteiger partial charge is 0.471 e. The maximum atomic E-state index is 14.2. The van der Waals surface area contributed by atoms with Gasteiger partial charge in [-0.05, 0) is 56.7 Å². The van der Waals surface area contributed by atoms with Crippen molar-refractivity contribution < 1.29 is 31.6 Å². The van der Waals surface area contributed by atoms with Crippen LogP contribution in [0.4, 0.5) is 4.39 Å². The van der Waals surface area contributed by atoms with E-state index in [1.54, 1.807) is 0 Å². The van der Waals surface area contributed by atoms with Gasteiger partial charge >= 0.3 is 5.97 Å². The summed E-state index contributed by atoms with van der Waals surface area (Å²) in [5.41, 5.74) is -0.707. The minimum absolute atomic E-state index is 0.0324. The molecule has 2 saturated carbocycles. The van der Waals surface area contributed by atoms with Crippen LogP contribution in [0.15, 0.2) is 18.2 Å². The van der Waals surface area contributed by atoms with E-state index >= 15 is 0 Å². The first-order valence-corrected chi connectivity index (χ1v) is 10.5. The van der Waals surface area contributed by atoms with E-state index in [2.05, 4.69) is 11.8 Å². The van der Waals surface area contributed by atoms with Gasteiger partial charge in [0.2, 0.25) is 0 Å². The van der Waals surface area contributed by atoms with Crippen LogP contribution in [-0.4, -0.2) is 36.9 Å². The van der Waals surface area contributed by atoms with Crippen LogP contribution in [0.1, 0.15) is 48.9 Å². The molecule has 0 saturated heterocycles. The van der Waals surface area contributed by atoms with Crippen LogP contribution in [-0.2, 0) is 14.9 Å². The Labute approximate surface area is 157 Å². The molecule has 0 heterocycles. The number of ether oxygens (including phenoxy) is 2. The predicted molar refractivity (Wildman–Crippen MR) is 95.4 cm³/mol. The summed E-state index contributed by atoms with van der Waals surface area (Å²) in [6.07, 6.45) is 5.46. The van der Waals surface area contributed by atoms with Gasteiger partial charge in [0.15, 0.2) is 17.2 Å². The van der Waals surface area contributed by atoms with Gasteiger partial charge in [-0.15, -0.1) is 0 Å². The number of rotatable bonds is 6. The summed E-state index contributed by atoms with van der Waals surface area (Å²) in [6, 6.07) is 3.57. The molecule has 0 unspecified atom stereocenters. The van der Waals surface area contributed by atoms with Gasteiger partial charge in [-0.3, -0.25) is 4.55 Å². The third-order valence-corrected chi connectivity index (χ3v) is 5.22. The zero-order valence-corrected chi connectivity index (χ0v) is 15.6. The number of hydrogen-bond acceptors (Lipinski definition) is 5. The fourth-order valence-electron chi connectivity index (χ4n) is 2.90. The Kier molecular flexibility index (Phi) is 5.72. The summed E-state index contributed by atoms with van der Waals surface area (Å²) in [7, 11) is -4.23. The molecule has 1 N–H and O–H groups in total. The fourth-order valence-corrected chi connectivity index (χ4v) is 3.20.